The van der Waals surface area contributed by atoms with Gasteiger partial charge in [-0.15, -0.1) is 0 Å². The molecule has 2 aromatic rings. The van der Waals surface area contributed by atoms with Crippen LogP contribution in [0.1, 0.15) is 50.7 Å². The maximum Gasteiger partial charge on any atom is 0.410 e. The van der Waals surface area contributed by atoms with Crippen LogP contribution in [0.15, 0.2) is 60.7 Å². The molecule has 6 unspecified atom stereocenters. The van der Waals surface area contributed by atoms with Crippen LogP contribution in [0, 0.1) is 11.8 Å². The summed E-state index contributed by atoms with van der Waals surface area (Å²) in [6, 6.07) is 19.0. The second kappa shape index (κ2) is 11.7. The van der Waals surface area contributed by atoms with E-state index in [1.165, 1.54) is 0 Å². The zero-order valence-electron chi connectivity index (χ0n) is 23.4. The predicted molar refractivity (Wildman–Crippen MR) is 155 cm³/mol. The van der Waals surface area contributed by atoms with E-state index in [1.54, 1.807) is 0 Å². The fourth-order valence-corrected chi connectivity index (χ4v) is 7.21. The van der Waals surface area contributed by atoms with Crippen LogP contribution in [0.2, 0.25) is 0 Å². The van der Waals surface area contributed by atoms with E-state index >= 15 is 0 Å². The second-order valence-corrected chi connectivity index (χ2v) is 12.4. The molecule has 0 spiro atoms. The average molecular weight is 566 g/mol. The van der Waals surface area contributed by atoms with Crippen molar-refractivity contribution in [3.63, 3.8) is 0 Å². The van der Waals surface area contributed by atoms with Crippen molar-refractivity contribution in [3.8, 4) is 0 Å². The maximum atomic E-state index is 13.6. The number of nitrogens with one attached hydrogen (secondary N) is 1. The molecule has 8 nitrogen and oxygen atoms in total. The number of rotatable bonds is 6. The van der Waals surface area contributed by atoms with E-state index in [4.69, 9.17) is 9.47 Å². The highest BCUT2D eigenvalue weighted by atomic mass is 32.1. The zero-order valence-corrected chi connectivity index (χ0v) is 24.3. The Hall–Kier alpha value is -3.20. The van der Waals surface area contributed by atoms with Crippen molar-refractivity contribution in [2.45, 2.75) is 69.9 Å². The Morgan fingerprint density at radius 3 is 2.35 bits per heavy atom. The minimum atomic E-state index is -0.612. The summed E-state index contributed by atoms with van der Waals surface area (Å²) in [5, 5.41) is 2.79. The number of likely N-dealkylation sites (tertiary alicyclic amines) is 2. The summed E-state index contributed by atoms with van der Waals surface area (Å²) in [5.41, 5.74) is 1.47. The lowest BCUT2D eigenvalue weighted by molar-refractivity contribution is -0.131. The molecule has 1 N–H and O–H groups in total. The molecular weight excluding hydrogens is 526 g/mol. The zero-order chi connectivity index (χ0) is 28.4. The van der Waals surface area contributed by atoms with Gasteiger partial charge in [-0.3, -0.25) is 4.79 Å². The van der Waals surface area contributed by atoms with Crippen LogP contribution in [0.4, 0.5) is 9.59 Å². The molecule has 2 aromatic carbocycles. The van der Waals surface area contributed by atoms with Crippen LogP contribution in [-0.4, -0.2) is 70.5 Å². The SMILES string of the molecule is CC(C)(C)OC(=O)N1CC2C(CC(N3CCC(NC(=O)OCc4ccccc4)C3=O)C2c2ccccc2)C1CS. The molecule has 1 saturated carbocycles. The lowest BCUT2D eigenvalue weighted by atomic mass is 9.84. The molecule has 3 amide bonds. The van der Waals surface area contributed by atoms with Gasteiger partial charge in [0.2, 0.25) is 5.91 Å². The highest BCUT2D eigenvalue weighted by molar-refractivity contribution is 7.80. The lowest BCUT2D eigenvalue weighted by Crippen LogP contribution is -2.47. The van der Waals surface area contributed by atoms with E-state index in [1.807, 2.05) is 79.1 Å². The van der Waals surface area contributed by atoms with Crippen molar-refractivity contribution in [3.05, 3.63) is 71.8 Å². The van der Waals surface area contributed by atoms with E-state index in [-0.39, 0.29) is 48.4 Å². The first-order valence-corrected chi connectivity index (χ1v) is 14.7. The van der Waals surface area contributed by atoms with Crippen LogP contribution < -0.4 is 5.32 Å². The van der Waals surface area contributed by atoms with E-state index in [0.717, 1.165) is 17.5 Å². The molecule has 2 heterocycles. The average Bonchev–Trinajstić information content (AvgIpc) is 3.58. The molecule has 40 heavy (non-hydrogen) atoms. The van der Waals surface area contributed by atoms with E-state index < -0.39 is 17.7 Å². The second-order valence-electron chi connectivity index (χ2n) is 12.0. The third-order valence-corrected chi connectivity index (χ3v) is 8.76. The van der Waals surface area contributed by atoms with Gasteiger partial charge in [-0.05, 0) is 56.6 Å². The van der Waals surface area contributed by atoms with Crippen molar-refractivity contribution in [2.75, 3.05) is 18.8 Å². The summed E-state index contributed by atoms with van der Waals surface area (Å²) >= 11 is 4.64. The van der Waals surface area contributed by atoms with Gasteiger partial charge in [-0.2, -0.15) is 12.6 Å². The van der Waals surface area contributed by atoms with Gasteiger partial charge < -0.3 is 24.6 Å². The van der Waals surface area contributed by atoms with Crippen LogP contribution in [0.5, 0.6) is 0 Å². The normalized spacial score (nSPS) is 27.9. The maximum absolute atomic E-state index is 13.6. The number of thiol groups is 1. The van der Waals surface area contributed by atoms with Crippen molar-refractivity contribution < 1.29 is 23.9 Å². The topological polar surface area (TPSA) is 88.2 Å². The fourth-order valence-electron chi connectivity index (χ4n) is 6.74. The van der Waals surface area contributed by atoms with E-state index in [2.05, 4.69) is 30.1 Å². The number of hydrogen-bond donors (Lipinski definition) is 2. The molecule has 214 valence electrons. The number of amides is 3. The van der Waals surface area contributed by atoms with Gasteiger partial charge in [-0.25, -0.2) is 9.59 Å². The van der Waals surface area contributed by atoms with Crippen LogP contribution in [-0.2, 0) is 20.9 Å². The number of hydrogen-bond acceptors (Lipinski definition) is 6. The lowest BCUT2D eigenvalue weighted by Gasteiger charge is -2.34. The van der Waals surface area contributed by atoms with Gasteiger partial charge in [0.1, 0.15) is 18.2 Å². The molecule has 6 atom stereocenters. The van der Waals surface area contributed by atoms with Gasteiger partial charge >= 0.3 is 12.2 Å². The minimum Gasteiger partial charge on any atom is -0.445 e. The molecule has 5 rings (SSSR count). The smallest absolute Gasteiger partial charge is 0.410 e. The Kier molecular flexibility index (Phi) is 8.31. The van der Waals surface area contributed by atoms with Crippen LogP contribution >= 0.6 is 12.6 Å². The number of carbonyl (C=O) groups excluding carboxylic acids is 3. The number of ether oxygens (including phenoxy) is 2. The molecule has 2 saturated heterocycles. The molecule has 3 fully saturated rings. The number of benzene rings is 2. The number of alkyl carbamates (subject to hydrolysis) is 1. The molecule has 3 aliphatic rings. The first-order chi connectivity index (χ1) is 19.2. The molecular formula is C31H39N3O5S. The highest BCUT2D eigenvalue weighted by Crippen LogP contribution is 2.53. The number of nitrogens with zero attached hydrogens (tertiary/aromatic N) is 2. The van der Waals surface area contributed by atoms with Crippen LogP contribution in [0.3, 0.4) is 0 Å². The van der Waals surface area contributed by atoms with Gasteiger partial charge in [-0.1, -0.05) is 60.7 Å². The Morgan fingerprint density at radius 2 is 1.70 bits per heavy atom. The monoisotopic (exact) mass is 565 g/mol. The van der Waals surface area contributed by atoms with Gasteiger partial charge in [0.05, 0.1) is 0 Å². The summed E-state index contributed by atoms with van der Waals surface area (Å²) in [4.78, 5) is 43.1. The predicted octanol–water partition coefficient (Wildman–Crippen LogP) is 4.85. The summed E-state index contributed by atoms with van der Waals surface area (Å²) < 4.78 is 11.1. The van der Waals surface area contributed by atoms with E-state index in [0.29, 0.717) is 25.3 Å². The Balaban J connectivity index is 1.30. The first-order valence-electron chi connectivity index (χ1n) is 14.1. The molecule has 2 aliphatic heterocycles. The first kappa shape index (κ1) is 28.3. The summed E-state index contributed by atoms with van der Waals surface area (Å²) in [7, 11) is 0. The summed E-state index contributed by atoms with van der Waals surface area (Å²) in [6.45, 7) is 6.91. The molecule has 1 aliphatic carbocycles. The molecule has 9 heteroatoms. The van der Waals surface area contributed by atoms with Crippen molar-refractivity contribution >= 4 is 30.7 Å². The Labute approximate surface area is 241 Å². The van der Waals surface area contributed by atoms with Gasteiger partial charge in [0, 0.05) is 36.8 Å². The van der Waals surface area contributed by atoms with Crippen molar-refractivity contribution in [1.29, 1.82) is 0 Å². The summed E-state index contributed by atoms with van der Waals surface area (Å²) in [5.74, 6) is 0.881. The van der Waals surface area contributed by atoms with Gasteiger partial charge in [0.15, 0.2) is 0 Å². The minimum absolute atomic E-state index is 0.0276. The quantitative estimate of drug-likeness (QED) is 0.489. The fraction of sp³-hybridized carbons (Fsp3) is 0.516. The third kappa shape index (κ3) is 5.94. The molecule has 0 radical (unpaired) electrons. The van der Waals surface area contributed by atoms with Crippen molar-refractivity contribution in [2.24, 2.45) is 11.8 Å². The van der Waals surface area contributed by atoms with E-state index in [9.17, 15) is 14.4 Å². The number of carbonyl (C=O) groups is 3. The number of fused-ring (bicyclic) bond motifs is 1. The molecule has 0 aromatic heterocycles. The van der Waals surface area contributed by atoms with Gasteiger partial charge in [0.25, 0.3) is 0 Å². The third-order valence-electron chi connectivity index (χ3n) is 8.39. The highest BCUT2D eigenvalue weighted by Gasteiger charge is 2.57. The van der Waals surface area contributed by atoms with Crippen molar-refractivity contribution in [1.82, 2.24) is 15.1 Å². The Bertz CT molecular complexity index is 1200. The van der Waals surface area contributed by atoms with Crippen LogP contribution in [0.25, 0.3) is 0 Å². The molecule has 0 bridgehead atoms. The Morgan fingerprint density at radius 1 is 1.02 bits per heavy atom. The largest absolute Gasteiger partial charge is 0.445 e. The summed E-state index contributed by atoms with van der Waals surface area (Å²) in [6.07, 6.45) is 0.410. The standard InChI is InChI=1S/C31H39N3O5S/c1-31(2,3)39-30(37)34-17-23-22(26(34)19-40)16-25(27(23)21-12-8-5-9-13-21)33-15-14-24(28(33)35)32-29(36)38-18-20-10-6-4-7-11-20/h4-13,22-27,40H,14-19H2,1-3H3,(H,32,36).